The fourth-order valence-corrected chi connectivity index (χ4v) is 2.09. The van der Waals surface area contributed by atoms with E-state index < -0.39 is 12.0 Å². The highest BCUT2D eigenvalue weighted by atomic mass is 79.9. The molecule has 2 amide bonds. The lowest BCUT2D eigenvalue weighted by atomic mass is 10.1. The van der Waals surface area contributed by atoms with Crippen LogP contribution in [0.1, 0.15) is 10.4 Å². The molecule has 5 nitrogen and oxygen atoms in total. The average molecular weight is 335 g/mol. The van der Waals surface area contributed by atoms with Crippen LogP contribution in [0, 0.1) is 0 Å². The zero-order chi connectivity index (χ0) is 14.7. The Bertz CT molecular complexity index is 656. The molecule has 0 aliphatic rings. The molecule has 0 aliphatic carbocycles. The number of aromatic carboxylic acids is 1. The van der Waals surface area contributed by atoms with E-state index >= 15 is 0 Å². The van der Waals surface area contributed by atoms with Gasteiger partial charge in [-0.05, 0) is 36.4 Å². The monoisotopic (exact) mass is 334 g/mol. The summed E-state index contributed by atoms with van der Waals surface area (Å²) in [6.07, 6.45) is 0. The van der Waals surface area contributed by atoms with Crippen LogP contribution in [0.15, 0.2) is 53.0 Å². The van der Waals surface area contributed by atoms with E-state index in [1.165, 1.54) is 12.1 Å². The fourth-order valence-electron chi connectivity index (χ4n) is 1.82. The zero-order valence-corrected chi connectivity index (χ0v) is 11.9. The summed E-state index contributed by atoms with van der Waals surface area (Å²) < 4.78 is 0.845. The third-order valence-electron chi connectivity index (χ3n) is 2.68. The normalized spacial score (nSPS) is 10.1. The number of benzene rings is 2. The third-order valence-corrected chi connectivity index (χ3v) is 3.21. The second-order valence-electron chi connectivity index (χ2n) is 3.97. The van der Waals surface area contributed by atoms with Gasteiger partial charge >= 0.3 is 12.0 Å². The Morgan fingerprint density at radius 3 is 2.20 bits per heavy atom. The molecule has 2 rings (SSSR count). The number of nitrogens with zero attached hydrogens (tertiary/aromatic N) is 1. The predicted octanol–water partition coefficient (Wildman–Crippen LogP) is 3.36. The van der Waals surface area contributed by atoms with Crippen molar-refractivity contribution < 1.29 is 14.7 Å². The van der Waals surface area contributed by atoms with Crippen molar-refractivity contribution in [2.45, 2.75) is 0 Å². The van der Waals surface area contributed by atoms with Crippen LogP contribution < -0.4 is 10.6 Å². The molecule has 0 radical (unpaired) electrons. The molecule has 20 heavy (non-hydrogen) atoms. The first-order valence-corrected chi connectivity index (χ1v) is 6.47. The zero-order valence-electron chi connectivity index (χ0n) is 10.3. The number of carbonyl (C=O) groups is 2. The summed E-state index contributed by atoms with van der Waals surface area (Å²) in [6.45, 7) is 0. The number of carboxylic acids is 1. The molecule has 0 atom stereocenters. The molecule has 3 N–H and O–H groups in total. The standard InChI is InChI=1S/C14H11BrN2O3/c15-9-5-7-10(8-6-9)17(14(16)20)12-4-2-1-3-11(12)13(18)19/h1-8H,(H2,16,20)(H,18,19). The van der Waals surface area contributed by atoms with Crippen molar-refractivity contribution in [3.63, 3.8) is 0 Å². The van der Waals surface area contributed by atoms with Gasteiger partial charge in [0, 0.05) is 4.47 Å². The van der Waals surface area contributed by atoms with Crippen LogP contribution in [0.25, 0.3) is 0 Å². The van der Waals surface area contributed by atoms with Crippen molar-refractivity contribution in [2.24, 2.45) is 5.73 Å². The molecule has 102 valence electrons. The number of nitrogens with two attached hydrogens (primary N) is 1. The second kappa shape index (κ2) is 5.75. The summed E-state index contributed by atoms with van der Waals surface area (Å²) in [4.78, 5) is 24.1. The van der Waals surface area contributed by atoms with Crippen LogP contribution in [0.3, 0.4) is 0 Å². The van der Waals surface area contributed by atoms with Crippen molar-refractivity contribution in [1.82, 2.24) is 0 Å². The van der Waals surface area contributed by atoms with Gasteiger partial charge in [0.1, 0.15) is 0 Å². The molecule has 0 saturated heterocycles. The first kappa shape index (κ1) is 14.1. The van der Waals surface area contributed by atoms with Gasteiger partial charge in [0.15, 0.2) is 0 Å². The lowest BCUT2D eigenvalue weighted by Crippen LogP contribution is -2.32. The molecule has 2 aromatic rings. The quantitative estimate of drug-likeness (QED) is 0.902. The highest BCUT2D eigenvalue weighted by Gasteiger charge is 2.20. The van der Waals surface area contributed by atoms with Gasteiger partial charge in [-0.2, -0.15) is 0 Å². The van der Waals surface area contributed by atoms with Crippen LogP contribution in [0.2, 0.25) is 0 Å². The Morgan fingerprint density at radius 1 is 1.05 bits per heavy atom. The van der Waals surface area contributed by atoms with Crippen molar-refractivity contribution in [2.75, 3.05) is 4.90 Å². The predicted molar refractivity (Wildman–Crippen MR) is 79.3 cm³/mol. The molecule has 0 heterocycles. The fraction of sp³-hybridized carbons (Fsp3) is 0. The summed E-state index contributed by atoms with van der Waals surface area (Å²) >= 11 is 3.30. The van der Waals surface area contributed by atoms with Gasteiger partial charge in [-0.15, -0.1) is 0 Å². The lowest BCUT2D eigenvalue weighted by molar-refractivity contribution is 0.0698. The topological polar surface area (TPSA) is 83.6 Å². The smallest absolute Gasteiger partial charge is 0.337 e. The van der Waals surface area contributed by atoms with E-state index in [-0.39, 0.29) is 11.3 Å². The Hall–Kier alpha value is -2.34. The number of para-hydroxylation sites is 1. The highest BCUT2D eigenvalue weighted by Crippen LogP contribution is 2.29. The Balaban J connectivity index is 2.58. The minimum atomic E-state index is -1.12. The number of anilines is 2. The lowest BCUT2D eigenvalue weighted by Gasteiger charge is -2.22. The third kappa shape index (κ3) is 2.80. The van der Waals surface area contributed by atoms with E-state index in [0.29, 0.717) is 5.69 Å². The molecule has 0 fully saturated rings. The van der Waals surface area contributed by atoms with Gasteiger partial charge in [-0.3, -0.25) is 4.90 Å². The van der Waals surface area contributed by atoms with Crippen LogP contribution in [0.4, 0.5) is 16.2 Å². The summed E-state index contributed by atoms with van der Waals surface area (Å²) in [5.74, 6) is -1.12. The van der Waals surface area contributed by atoms with Gasteiger partial charge in [-0.25, -0.2) is 9.59 Å². The Labute approximate surface area is 123 Å². The maximum atomic E-state index is 11.7. The summed E-state index contributed by atoms with van der Waals surface area (Å²) in [6, 6.07) is 12.3. The molecule has 0 spiro atoms. The number of rotatable bonds is 3. The molecule has 2 aromatic carbocycles. The summed E-state index contributed by atoms with van der Waals surface area (Å²) in [7, 11) is 0. The van der Waals surface area contributed by atoms with Crippen LogP contribution >= 0.6 is 15.9 Å². The summed E-state index contributed by atoms with van der Waals surface area (Å²) in [5, 5.41) is 9.20. The van der Waals surface area contributed by atoms with E-state index in [1.54, 1.807) is 36.4 Å². The van der Waals surface area contributed by atoms with Crippen molar-refractivity contribution in [3.05, 3.63) is 58.6 Å². The number of primary amides is 1. The number of halogens is 1. The SMILES string of the molecule is NC(=O)N(c1ccc(Br)cc1)c1ccccc1C(=O)O. The van der Waals surface area contributed by atoms with Crippen molar-refractivity contribution in [1.29, 1.82) is 0 Å². The van der Waals surface area contributed by atoms with Gasteiger partial charge in [0.05, 0.1) is 16.9 Å². The van der Waals surface area contributed by atoms with E-state index in [0.717, 1.165) is 9.37 Å². The molecular formula is C14H11BrN2O3. The number of urea groups is 1. The molecule has 0 bridgehead atoms. The van der Waals surface area contributed by atoms with Crippen molar-refractivity contribution in [3.8, 4) is 0 Å². The number of hydrogen-bond donors (Lipinski definition) is 2. The Morgan fingerprint density at radius 2 is 1.65 bits per heavy atom. The minimum absolute atomic E-state index is 0.00854. The number of carbonyl (C=O) groups excluding carboxylic acids is 1. The molecule has 6 heteroatoms. The van der Waals surface area contributed by atoms with E-state index in [4.69, 9.17) is 5.73 Å². The second-order valence-corrected chi connectivity index (χ2v) is 4.89. The van der Waals surface area contributed by atoms with Crippen LogP contribution in [0.5, 0.6) is 0 Å². The minimum Gasteiger partial charge on any atom is -0.478 e. The van der Waals surface area contributed by atoms with Crippen LogP contribution in [-0.2, 0) is 0 Å². The first-order chi connectivity index (χ1) is 9.50. The highest BCUT2D eigenvalue weighted by molar-refractivity contribution is 9.10. The van der Waals surface area contributed by atoms with Gasteiger partial charge in [0.25, 0.3) is 0 Å². The molecular weight excluding hydrogens is 324 g/mol. The van der Waals surface area contributed by atoms with Crippen LogP contribution in [-0.4, -0.2) is 17.1 Å². The largest absolute Gasteiger partial charge is 0.478 e. The van der Waals surface area contributed by atoms with Gasteiger partial charge in [0.2, 0.25) is 0 Å². The van der Waals surface area contributed by atoms with E-state index in [9.17, 15) is 14.7 Å². The Kier molecular flexibility index (Phi) is 4.05. The number of carboxylic acid groups (broad SMARTS) is 1. The average Bonchev–Trinajstić information content (AvgIpc) is 2.41. The van der Waals surface area contributed by atoms with Gasteiger partial charge < -0.3 is 10.8 Å². The number of amides is 2. The maximum Gasteiger partial charge on any atom is 0.337 e. The van der Waals surface area contributed by atoms with E-state index in [2.05, 4.69) is 15.9 Å². The van der Waals surface area contributed by atoms with E-state index in [1.807, 2.05) is 0 Å². The molecule has 0 unspecified atom stereocenters. The molecule has 0 saturated carbocycles. The van der Waals surface area contributed by atoms with Crippen molar-refractivity contribution >= 4 is 39.3 Å². The molecule has 0 aliphatic heterocycles. The number of hydrogen-bond acceptors (Lipinski definition) is 2. The molecule has 0 aromatic heterocycles. The first-order valence-electron chi connectivity index (χ1n) is 5.68. The maximum absolute atomic E-state index is 11.7. The van der Waals surface area contributed by atoms with Gasteiger partial charge in [-0.1, -0.05) is 28.1 Å². The summed E-state index contributed by atoms with van der Waals surface area (Å²) in [5.41, 5.74) is 6.12.